The van der Waals surface area contributed by atoms with Crippen molar-refractivity contribution >= 4 is 45.8 Å². The summed E-state index contributed by atoms with van der Waals surface area (Å²) in [5.41, 5.74) is 1.10. The third-order valence-corrected chi connectivity index (χ3v) is 5.34. The highest BCUT2D eigenvalue weighted by Crippen LogP contribution is 2.34. The number of hydrogen-bond acceptors (Lipinski definition) is 7. The second-order valence-electron chi connectivity index (χ2n) is 5.45. The van der Waals surface area contributed by atoms with E-state index in [1.54, 1.807) is 27.0 Å². The van der Waals surface area contributed by atoms with E-state index in [0.29, 0.717) is 16.3 Å². The van der Waals surface area contributed by atoms with Gasteiger partial charge in [-0.3, -0.25) is 9.48 Å². The van der Waals surface area contributed by atoms with Gasteiger partial charge in [-0.1, -0.05) is 11.6 Å². The molecule has 0 saturated heterocycles. The first-order chi connectivity index (χ1) is 12.2. The highest BCUT2D eigenvalue weighted by molar-refractivity contribution is 7.18. The van der Waals surface area contributed by atoms with E-state index < -0.39 is 23.9 Å². The summed E-state index contributed by atoms with van der Waals surface area (Å²) in [6.45, 7) is 4.95. The fourth-order valence-electron chi connectivity index (χ4n) is 2.23. The molecular weight excluding hydrogens is 382 g/mol. The number of halogens is 1. The summed E-state index contributed by atoms with van der Waals surface area (Å²) in [6, 6.07) is -0.685. The van der Waals surface area contributed by atoms with Crippen LogP contribution in [-0.2, 0) is 14.3 Å². The first-order valence-electron chi connectivity index (χ1n) is 7.53. The lowest BCUT2D eigenvalue weighted by Crippen LogP contribution is -2.24. The molecular formula is C16H18ClN3O5S. The molecule has 0 radical (unpaired) electrons. The van der Waals surface area contributed by atoms with E-state index >= 15 is 0 Å². The van der Waals surface area contributed by atoms with Gasteiger partial charge < -0.3 is 14.8 Å². The summed E-state index contributed by atoms with van der Waals surface area (Å²) in [5.74, 6) is -1.68. The Bertz CT molecular complexity index is 854. The van der Waals surface area contributed by atoms with Crippen molar-refractivity contribution in [2.75, 3.05) is 19.5 Å². The van der Waals surface area contributed by atoms with Crippen LogP contribution in [0.25, 0.3) is 0 Å². The summed E-state index contributed by atoms with van der Waals surface area (Å²) in [5, 5.41) is 7.49. The summed E-state index contributed by atoms with van der Waals surface area (Å²) in [4.78, 5) is 36.8. The van der Waals surface area contributed by atoms with Gasteiger partial charge in [0, 0.05) is 6.20 Å². The average Bonchev–Trinajstić information content (AvgIpc) is 3.12. The minimum atomic E-state index is -0.685. The molecule has 2 aromatic rings. The molecule has 0 saturated carbocycles. The molecule has 2 heterocycles. The molecule has 2 aromatic heterocycles. The number of ether oxygens (including phenoxy) is 2. The van der Waals surface area contributed by atoms with Crippen molar-refractivity contribution in [2.24, 2.45) is 0 Å². The maximum absolute atomic E-state index is 12.6. The van der Waals surface area contributed by atoms with Crippen molar-refractivity contribution in [3.63, 3.8) is 0 Å². The van der Waals surface area contributed by atoms with Crippen molar-refractivity contribution in [3.05, 3.63) is 32.9 Å². The predicted octanol–water partition coefficient (Wildman–Crippen LogP) is 2.99. The molecule has 1 amide bonds. The summed E-state index contributed by atoms with van der Waals surface area (Å²) < 4.78 is 10.9. The number of aromatic nitrogens is 2. The van der Waals surface area contributed by atoms with E-state index in [4.69, 9.17) is 21.1 Å². The van der Waals surface area contributed by atoms with Crippen LogP contribution in [0.5, 0.6) is 0 Å². The van der Waals surface area contributed by atoms with Gasteiger partial charge in [0.15, 0.2) is 0 Å². The Labute approximate surface area is 159 Å². The third-order valence-electron chi connectivity index (χ3n) is 3.78. The molecule has 10 heteroatoms. The average molecular weight is 400 g/mol. The number of hydrogen-bond donors (Lipinski definition) is 1. The fourth-order valence-corrected chi connectivity index (χ4v) is 3.48. The quantitative estimate of drug-likeness (QED) is 0.776. The van der Waals surface area contributed by atoms with Crippen molar-refractivity contribution in [3.8, 4) is 0 Å². The van der Waals surface area contributed by atoms with Crippen LogP contribution in [0.3, 0.4) is 0 Å². The normalized spacial score (nSPS) is 11.8. The third kappa shape index (κ3) is 3.73. The maximum Gasteiger partial charge on any atom is 0.348 e. The first-order valence-corrected chi connectivity index (χ1v) is 8.72. The minimum absolute atomic E-state index is 0.119. The highest BCUT2D eigenvalue weighted by Gasteiger charge is 2.28. The SMILES string of the molecule is COC(=O)c1sc(NC(=O)C(C)n2cc(Cl)c(C)n2)c(C(=O)OC)c1C. The van der Waals surface area contributed by atoms with Crippen molar-refractivity contribution < 1.29 is 23.9 Å². The summed E-state index contributed by atoms with van der Waals surface area (Å²) in [7, 11) is 2.46. The number of carbonyl (C=O) groups is 3. The van der Waals surface area contributed by atoms with Crippen LogP contribution < -0.4 is 5.32 Å². The molecule has 140 valence electrons. The molecule has 0 fully saturated rings. The summed E-state index contributed by atoms with van der Waals surface area (Å²) in [6.07, 6.45) is 1.54. The largest absolute Gasteiger partial charge is 0.465 e. The van der Waals surface area contributed by atoms with Crippen LogP contribution in [-0.4, -0.2) is 41.8 Å². The first kappa shape index (κ1) is 19.9. The van der Waals surface area contributed by atoms with Gasteiger partial charge in [-0.2, -0.15) is 5.10 Å². The molecule has 1 atom stereocenters. The molecule has 0 bridgehead atoms. The van der Waals surface area contributed by atoms with Crippen LogP contribution in [0.15, 0.2) is 6.20 Å². The number of amides is 1. The van der Waals surface area contributed by atoms with E-state index in [1.807, 2.05) is 0 Å². The number of nitrogens with one attached hydrogen (secondary N) is 1. The lowest BCUT2D eigenvalue weighted by molar-refractivity contribution is -0.119. The lowest BCUT2D eigenvalue weighted by atomic mass is 10.1. The maximum atomic E-state index is 12.6. The lowest BCUT2D eigenvalue weighted by Gasteiger charge is -2.12. The van der Waals surface area contributed by atoms with Crippen molar-refractivity contribution in [2.45, 2.75) is 26.8 Å². The topological polar surface area (TPSA) is 99.5 Å². The van der Waals surface area contributed by atoms with E-state index in [1.165, 1.54) is 18.9 Å². The van der Waals surface area contributed by atoms with E-state index in [2.05, 4.69) is 10.4 Å². The number of anilines is 1. The number of rotatable bonds is 5. The molecule has 0 aliphatic heterocycles. The zero-order chi connectivity index (χ0) is 19.6. The van der Waals surface area contributed by atoms with Crippen LogP contribution >= 0.6 is 22.9 Å². The summed E-state index contributed by atoms with van der Waals surface area (Å²) >= 11 is 6.92. The van der Waals surface area contributed by atoms with Crippen LogP contribution in [0.2, 0.25) is 5.02 Å². The Morgan fingerprint density at radius 2 is 1.85 bits per heavy atom. The van der Waals surface area contributed by atoms with Crippen molar-refractivity contribution in [1.82, 2.24) is 9.78 Å². The molecule has 1 N–H and O–H groups in total. The molecule has 2 rings (SSSR count). The Balaban J connectivity index is 2.36. The zero-order valence-corrected chi connectivity index (χ0v) is 16.4. The Hall–Kier alpha value is -2.39. The predicted molar refractivity (Wildman–Crippen MR) is 97.0 cm³/mol. The van der Waals surface area contributed by atoms with Crippen LogP contribution in [0, 0.1) is 13.8 Å². The highest BCUT2D eigenvalue weighted by atomic mass is 35.5. The van der Waals surface area contributed by atoms with Gasteiger partial charge in [0.1, 0.15) is 15.9 Å². The second kappa shape index (κ2) is 7.88. The van der Waals surface area contributed by atoms with Crippen LogP contribution in [0.1, 0.15) is 44.3 Å². The number of aryl methyl sites for hydroxylation is 1. The number of nitrogens with zero attached hydrogens (tertiary/aromatic N) is 2. The monoisotopic (exact) mass is 399 g/mol. The van der Waals surface area contributed by atoms with Gasteiger partial charge in [0.05, 0.1) is 30.5 Å². The molecule has 26 heavy (non-hydrogen) atoms. The molecule has 8 nitrogen and oxygen atoms in total. The fraction of sp³-hybridized carbons (Fsp3) is 0.375. The van der Waals surface area contributed by atoms with Gasteiger partial charge in [0.25, 0.3) is 0 Å². The number of methoxy groups -OCH3 is 2. The van der Waals surface area contributed by atoms with Gasteiger partial charge in [-0.15, -0.1) is 11.3 Å². The van der Waals surface area contributed by atoms with E-state index in [9.17, 15) is 14.4 Å². The van der Waals surface area contributed by atoms with E-state index in [-0.39, 0.29) is 15.4 Å². The minimum Gasteiger partial charge on any atom is -0.465 e. The van der Waals surface area contributed by atoms with Gasteiger partial charge >= 0.3 is 11.9 Å². The second-order valence-corrected chi connectivity index (χ2v) is 6.88. The Morgan fingerprint density at radius 1 is 1.23 bits per heavy atom. The number of carbonyl (C=O) groups excluding carboxylic acids is 3. The molecule has 0 aliphatic carbocycles. The smallest absolute Gasteiger partial charge is 0.348 e. The standard InChI is InChI=1S/C16H18ClN3O5S/c1-7-11(15(22)24-4)14(26-12(7)16(23)25-5)18-13(21)9(3)20-6-10(17)8(2)19-20/h6,9H,1-5H3,(H,18,21). The van der Waals surface area contributed by atoms with Gasteiger partial charge in [-0.05, 0) is 26.3 Å². The Kier molecular flexibility index (Phi) is 6.04. The molecule has 0 spiro atoms. The zero-order valence-electron chi connectivity index (χ0n) is 14.9. The number of thiophene rings is 1. The van der Waals surface area contributed by atoms with Gasteiger partial charge in [0.2, 0.25) is 5.91 Å². The molecule has 1 unspecified atom stereocenters. The Morgan fingerprint density at radius 3 is 2.35 bits per heavy atom. The molecule has 0 aromatic carbocycles. The number of esters is 2. The van der Waals surface area contributed by atoms with E-state index in [0.717, 1.165) is 11.3 Å². The van der Waals surface area contributed by atoms with Crippen LogP contribution in [0.4, 0.5) is 5.00 Å². The van der Waals surface area contributed by atoms with Crippen molar-refractivity contribution in [1.29, 1.82) is 0 Å². The van der Waals surface area contributed by atoms with Gasteiger partial charge in [-0.25, -0.2) is 9.59 Å². The molecule has 0 aliphatic rings.